The average molecular weight is 328 g/mol. The van der Waals surface area contributed by atoms with Crippen molar-refractivity contribution in [3.05, 3.63) is 48.0 Å². The van der Waals surface area contributed by atoms with Crippen molar-refractivity contribution in [3.63, 3.8) is 0 Å². The molecule has 0 aliphatic carbocycles. The minimum Gasteiger partial charge on any atom is -0.493 e. The second-order valence-electron chi connectivity index (χ2n) is 4.88. The molecule has 0 unspecified atom stereocenters. The zero-order valence-corrected chi connectivity index (χ0v) is 13.3. The first-order valence-corrected chi connectivity index (χ1v) is 7.21. The smallest absolute Gasteiger partial charge is 0.336 e. The molecule has 124 valence electrons. The Kier molecular flexibility index (Phi) is 4.56. The monoisotopic (exact) mass is 328 g/mol. The third-order valence-corrected chi connectivity index (χ3v) is 3.38. The average Bonchev–Trinajstić information content (AvgIpc) is 3.07. The zero-order chi connectivity index (χ0) is 16.9. The van der Waals surface area contributed by atoms with Gasteiger partial charge in [-0.15, -0.1) is 0 Å². The summed E-state index contributed by atoms with van der Waals surface area (Å²) >= 11 is 0. The molecule has 6 heteroatoms. The summed E-state index contributed by atoms with van der Waals surface area (Å²) in [5.74, 6) is 2.30. The maximum atomic E-state index is 11.9. The van der Waals surface area contributed by atoms with Gasteiger partial charge in [0.2, 0.25) is 6.79 Å². The summed E-state index contributed by atoms with van der Waals surface area (Å²) in [4.78, 5) is 11.9. The highest BCUT2D eigenvalue weighted by Crippen LogP contribution is 2.35. The van der Waals surface area contributed by atoms with Crippen molar-refractivity contribution in [2.24, 2.45) is 0 Å². The highest BCUT2D eigenvalue weighted by molar-refractivity contribution is 5.88. The summed E-state index contributed by atoms with van der Waals surface area (Å²) < 4.78 is 26.1. The van der Waals surface area contributed by atoms with Crippen LogP contribution < -0.4 is 23.7 Å². The van der Waals surface area contributed by atoms with Crippen LogP contribution >= 0.6 is 0 Å². The molecule has 0 N–H and O–H groups in total. The topological polar surface area (TPSA) is 63.2 Å². The number of fused-ring (bicyclic) bond motifs is 1. The fourth-order valence-corrected chi connectivity index (χ4v) is 2.21. The molecule has 0 radical (unpaired) electrons. The van der Waals surface area contributed by atoms with Gasteiger partial charge in [-0.1, -0.05) is 6.07 Å². The van der Waals surface area contributed by atoms with E-state index in [2.05, 4.69) is 0 Å². The molecule has 0 saturated heterocycles. The third-order valence-electron chi connectivity index (χ3n) is 3.38. The van der Waals surface area contributed by atoms with Gasteiger partial charge < -0.3 is 23.7 Å². The summed E-state index contributed by atoms with van der Waals surface area (Å²) in [5, 5.41) is 0. The molecule has 6 nitrogen and oxygen atoms in total. The molecule has 0 bridgehead atoms. The van der Waals surface area contributed by atoms with Gasteiger partial charge in [-0.05, 0) is 35.9 Å². The molecule has 0 saturated carbocycles. The number of ether oxygens (including phenoxy) is 5. The minimum absolute atomic E-state index is 0.173. The summed E-state index contributed by atoms with van der Waals surface area (Å²) in [6.07, 6.45) is 2.98. The van der Waals surface area contributed by atoms with Crippen molar-refractivity contribution in [2.75, 3.05) is 21.0 Å². The molecule has 0 spiro atoms. The van der Waals surface area contributed by atoms with Gasteiger partial charge in [0.15, 0.2) is 23.0 Å². The highest BCUT2D eigenvalue weighted by Gasteiger charge is 2.14. The van der Waals surface area contributed by atoms with Crippen LogP contribution in [-0.2, 0) is 4.79 Å². The molecule has 3 rings (SSSR count). The number of esters is 1. The summed E-state index contributed by atoms with van der Waals surface area (Å²) in [6.45, 7) is 0.173. The van der Waals surface area contributed by atoms with Crippen molar-refractivity contribution >= 4 is 12.0 Å². The van der Waals surface area contributed by atoms with Crippen molar-refractivity contribution in [2.45, 2.75) is 0 Å². The molecular formula is C18H16O6. The van der Waals surface area contributed by atoms with Crippen molar-refractivity contribution in [1.82, 2.24) is 0 Å². The van der Waals surface area contributed by atoms with Gasteiger partial charge in [0.1, 0.15) is 5.75 Å². The van der Waals surface area contributed by atoms with Gasteiger partial charge in [-0.2, -0.15) is 0 Å². The number of benzene rings is 2. The number of rotatable bonds is 5. The van der Waals surface area contributed by atoms with Crippen LogP contribution in [0.3, 0.4) is 0 Å². The summed E-state index contributed by atoms with van der Waals surface area (Å²) in [6, 6.07) is 10.3. The molecule has 0 atom stereocenters. The van der Waals surface area contributed by atoms with Crippen molar-refractivity contribution < 1.29 is 28.5 Å². The van der Waals surface area contributed by atoms with Gasteiger partial charge in [-0.3, -0.25) is 0 Å². The van der Waals surface area contributed by atoms with E-state index in [1.165, 1.54) is 6.08 Å². The van der Waals surface area contributed by atoms with Gasteiger partial charge in [-0.25, -0.2) is 4.79 Å². The molecule has 0 amide bonds. The third kappa shape index (κ3) is 3.43. The fraction of sp³-hybridized carbons (Fsp3) is 0.167. The minimum atomic E-state index is -0.497. The van der Waals surface area contributed by atoms with E-state index in [0.29, 0.717) is 28.7 Å². The Balaban J connectivity index is 1.67. The number of methoxy groups -OCH3 is 2. The Hall–Kier alpha value is -3.15. The Morgan fingerprint density at radius 1 is 1.00 bits per heavy atom. The van der Waals surface area contributed by atoms with Crippen LogP contribution in [-0.4, -0.2) is 27.0 Å². The maximum absolute atomic E-state index is 11.9. The van der Waals surface area contributed by atoms with Crippen LogP contribution in [0, 0.1) is 0 Å². The Bertz CT molecular complexity index is 781. The number of hydrogen-bond acceptors (Lipinski definition) is 6. The predicted molar refractivity (Wildman–Crippen MR) is 86.8 cm³/mol. The van der Waals surface area contributed by atoms with Gasteiger partial charge >= 0.3 is 5.97 Å². The van der Waals surface area contributed by atoms with E-state index >= 15 is 0 Å². The van der Waals surface area contributed by atoms with E-state index < -0.39 is 5.97 Å². The van der Waals surface area contributed by atoms with Crippen molar-refractivity contribution in [3.8, 4) is 28.7 Å². The second-order valence-corrected chi connectivity index (χ2v) is 4.88. The Labute approximate surface area is 139 Å². The SMILES string of the molecule is COc1ccc(C=CC(=O)Oc2ccc3c(c2)OCO3)cc1OC. The lowest BCUT2D eigenvalue weighted by Crippen LogP contribution is -2.03. The van der Waals surface area contributed by atoms with E-state index in [4.69, 9.17) is 23.7 Å². The van der Waals surface area contributed by atoms with Crippen LogP contribution in [0.25, 0.3) is 6.08 Å². The molecular weight excluding hydrogens is 312 g/mol. The summed E-state index contributed by atoms with van der Waals surface area (Å²) in [5.41, 5.74) is 0.787. The number of carbonyl (C=O) groups excluding carboxylic acids is 1. The molecule has 24 heavy (non-hydrogen) atoms. The van der Waals surface area contributed by atoms with E-state index in [0.717, 1.165) is 5.56 Å². The first-order valence-electron chi connectivity index (χ1n) is 7.21. The normalized spacial score (nSPS) is 12.2. The van der Waals surface area contributed by atoms with E-state index in [1.807, 2.05) is 6.07 Å². The van der Waals surface area contributed by atoms with Crippen LogP contribution in [0.2, 0.25) is 0 Å². The van der Waals surface area contributed by atoms with Gasteiger partial charge in [0.25, 0.3) is 0 Å². The van der Waals surface area contributed by atoms with Crippen LogP contribution in [0.1, 0.15) is 5.56 Å². The lowest BCUT2D eigenvalue weighted by atomic mass is 10.2. The number of hydrogen-bond donors (Lipinski definition) is 0. The van der Waals surface area contributed by atoms with Crippen LogP contribution in [0.15, 0.2) is 42.5 Å². The fourth-order valence-electron chi connectivity index (χ4n) is 2.21. The number of carbonyl (C=O) groups is 1. The molecule has 0 aromatic heterocycles. The first kappa shape index (κ1) is 15.7. The van der Waals surface area contributed by atoms with E-state index in [1.54, 1.807) is 50.6 Å². The van der Waals surface area contributed by atoms with Crippen LogP contribution in [0.5, 0.6) is 28.7 Å². The highest BCUT2D eigenvalue weighted by atomic mass is 16.7. The zero-order valence-electron chi connectivity index (χ0n) is 13.3. The standard InChI is InChI=1S/C18H16O6/c1-20-14-6-3-12(9-16(14)21-2)4-8-18(19)24-13-5-7-15-17(10-13)23-11-22-15/h3-10H,11H2,1-2H3. The van der Waals surface area contributed by atoms with Gasteiger partial charge in [0, 0.05) is 12.1 Å². The van der Waals surface area contributed by atoms with Crippen LogP contribution in [0.4, 0.5) is 0 Å². The first-order chi connectivity index (χ1) is 11.7. The van der Waals surface area contributed by atoms with Crippen molar-refractivity contribution in [1.29, 1.82) is 0 Å². The van der Waals surface area contributed by atoms with E-state index in [-0.39, 0.29) is 6.79 Å². The molecule has 0 fully saturated rings. The summed E-state index contributed by atoms with van der Waals surface area (Å²) in [7, 11) is 3.12. The van der Waals surface area contributed by atoms with E-state index in [9.17, 15) is 4.79 Å². The maximum Gasteiger partial charge on any atom is 0.336 e. The largest absolute Gasteiger partial charge is 0.493 e. The Morgan fingerprint density at radius 2 is 1.79 bits per heavy atom. The predicted octanol–water partition coefficient (Wildman–Crippen LogP) is 3.05. The molecule has 2 aromatic carbocycles. The quantitative estimate of drug-likeness (QED) is 0.477. The Morgan fingerprint density at radius 3 is 2.58 bits per heavy atom. The molecule has 1 aliphatic rings. The van der Waals surface area contributed by atoms with Gasteiger partial charge in [0.05, 0.1) is 14.2 Å². The molecule has 1 heterocycles. The molecule has 2 aromatic rings. The molecule has 1 aliphatic heterocycles. The lowest BCUT2D eigenvalue weighted by Gasteiger charge is -2.07. The second kappa shape index (κ2) is 6.95. The lowest BCUT2D eigenvalue weighted by molar-refractivity contribution is -0.128.